The van der Waals surface area contributed by atoms with Crippen LogP contribution in [0.5, 0.6) is 0 Å². The molecule has 1 aromatic carbocycles. The number of nitrogens with two attached hydrogens (primary N) is 1. The minimum atomic E-state index is -0.530. The topological polar surface area (TPSA) is 93.4 Å². The van der Waals surface area contributed by atoms with E-state index in [9.17, 15) is 9.59 Å². The summed E-state index contributed by atoms with van der Waals surface area (Å²) in [5.74, 6) is -0.572. The number of halogens is 1. The number of carbonyl (C=O) groups is 2. The molecule has 4 N–H and O–H groups in total. The highest BCUT2D eigenvalue weighted by Gasteiger charge is 2.39. The van der Waals surface area contributed by atoms with Crippen molar-refractivity contribution in [1.82, 2.24) is 5.32 Å². The molecule has 1 aliphatic heterocycles. The average molecular weight is 342 g/mol. The van der Waals surface area contributed by atoms with Crippen LogP contribution in [0.3, 0.4) is 0 Å². The fourth-order valence-electron chi connectivity index (χ4n) is 2.85. The van der Waals surface area contributed by atoms with E-state index in [1.807, 2.05) is 6.92 Å². The van der Waals surface area contributed by atoms with Gasteiger partial charge < -0.3 is 21.1 Å². The number of primary amides is 1. The minimum Gasteiger partial charge on any atom is -0.384 e. The second-order valence-electron chi connectivity index (χ2n) is 5.81. The minimum absolute atomic E-state index is 0. The van der Waals surface area contributed by atoms with Gasteiger partial charge in [-0.05, 0) is 50.6 Å². The van der Waals surface area contributed by atoms with Crippen molar-refractivity contribution in [2.24, 2.45) is 11.1 Å². The number of nitrogens with one attached hydrogen (secondary N) is 2. The molecule has 2 amide bonds. The SMILES string of the molecule is COCC1(C(=O)Nc2ccc(C)c(C(N)=O)c2)CCNCC1.Cl. The lowest BCUT2D eigenvalue weighted by molar-refractivity contribution is -0.130. The van der Waals surface area contributed by atoms with Crippen LogP contribution in [-0.2, 0) is 9.53 Å². The van der Waals surface area contributed by atoms with Crippen molar-refractivity contribution in [3.05, 3.63) is 29.3 Å². The van der Waals surface area contributed by atoms with Crippen molar-refractivity contribution in [1.29, 1.82) is 0 Å². The van der Waals surface area contributed by atoms with Gasteiger partial charge in [-0.15, -0.1) is 12.4 Å². The van der Waals surface area contributed by atoms with Crippen LogP contribution in [0.25, 0.3) is 0 Å². The number of piperidine rings is 1. The predicted octanol–water partition coefficient (Wildman–Crippen LogP) is 1.47. The smallest absolute Gasteiger partial charge is 0.249 e. The molecule has 23 heavy (non-hydrogen) atoms. The Balaban J connectivity index is 0.00000264. The van der Waals surface area contributed by atoms with Gasteiger partial charge in [-0.3, -0.25) is 9.59 Å². The lowest BCUT2D eigenvalue weighted by Gasteiger charge is -2.35. The third kappa shape index (κ3) is 4.43. The average Bonchev–Trinajstić information content (AvgIpc) is 2.50. The van der Waals surface area contributed by atoms with Gasteiger partial charge in [0, 0.05) is 18.4 Å². The molecular formula is C16H24ClN3O3. The molecule has 6 nitrogen and oxygen atoms in total. The first kappa shape index (κ1) is 19.4. The highest BCUT2D eigenvalue weighted by atomic mass is 35.5. The number of methoxy groups -OCH3 is 1. The van der Waals surface area contributed by atoms with Gasteiger partial charge in [0.2, 0.25) is 11.8 Å². The molecule has 0 atom stereocenters. The van der Waals surface area contributed by atoms with Crippen LogP contribution in [0.1, 0.15) is 28.8 Å². The molecule has 1 saturated heterocycles. The van der Waals surface area contributed by atoms with Crippen LogP contribution in [0.4, 0.5) is 5.69 Å². The summed E-state index contributed by atoms with van der Waals surface area (Å²) in [4.78, 5) is 24.1. The zero-order valence-electron chi connectivity index (χ0n) is 13.5. The fraction of sp³-hybridized carbons (Fsp3) is 0.500. The summed E-state index contributed by atoms with van der Waals surface area (Å²) >= 11 is 0. The third-order valence-corrected chi connectivity index (χ3v) is 4.22. The Hall–Kier alpha value is -1.63. The van der Waals surface area contributed by atoms with Gasteiger partial charge in [0.25, 0.3) is 0 Å². The van der Waals surface area contributed by atoms with Crippen LogP contribution in [-0.4, -0.2) is 38.6 Å². The zero-order valence-corrected chi connectivity index (χ0v) is 14.3. The highest BCUT2D eigenvalue weighted by Crippen LogP contribution is 2.31. The monoisotopic (exact) mass is 341 g/mol. The molecule has 0 aliphatic carbocycles. The van der Waals surface area contributed by atoms with Crippen molar-refractivity contribution in [3.8, 4) is 0 Å². The maximum Gasteiger partial charge on any atom is 0.249 e. The molecule has 0 unspecified atom stereocenters. The second kappa shape index (κ2) is 8.29. The van der Waals surface area contributed by atoms with Crippen molar-refractivity contribution in [3.63, 3.8) is 0 Å². The Morgan fingerprint density at radius 3 is 2.57 bits per heavy atom. The van der Waals surface area contributed by atoms with E-state index in [2.05, 4.69) is 10.6 Å². The quantitative estimate of drug-likeness (QED) is 0.756. The first-order valence-electron chi connectivity index (χ1n) is 7.40. The number of anilines is 1. The Bertz CT molecular complexity index is 566. The molecule has 128 valence electrons. The van der Waals surface area contributed by atoms with Gasteiger partial charge in [0.15, 0.2) is 0 Å². The molecule has 0 saturated carbocycles. The Labute approximate surface area is 142 Å². The standard InChI is InChI=1S/C16H23N3O3.ClH/c1-11-3-4-12(9-13(11)14(17)20)19-15(21)16(10-22-2)5-7-18-8-6-16;/h3-4,9,18H,5-8,10H2,1-2H3,(H2,17,20)(H,19,21);1H. The van der Waals surface area contributed by atoms with E-state index in [1.165, 1.54) is 0 Å². The van der Waals surface area contributed by atoms with Crippen molar-refractivity contribution < 1.29 is 14.3 Å². The van der Waals surface area contributed by atoms with Crippen LogP contribution in [0.2, 0.25) is 0 Å². The van der Waals surface area contributed by atoms with Gasteiger partial charge in [-0.25, -0.2) is 0 Å². The second-order valence-corrected chi connectivity index (χ2v) is 5.81. The molecule has 2 rings (SSSR count). The number of rotatable bonds is 5. The van der Waals surface area contributed by atoms with Crippen molar-refractivity contribution >= 4 is 29.9 Å². The molecule has 0 spiro atoms. The predicted molar refractivity (Wildman–Crippen MR) is 92.0 cm³/mol. The number of amides is 2. The number of benzene rings is 1. The summed E-state index contributed by atoms with van der Waals surface area (Å²) in [5.41, 5.74) is 6.61. The van der Waals surface area contributed by atoms with Gasteiger partial charge in [0.1, 0.15) is 0 Å². The molecule has 1 aromatic rings. The Morgan fingerprint density at radius 1 is 1.35 bits per heavy atom. The van der Waals surface area contributed by atoms with E-state index >= 15 is 0 Å². The molecule has 0 bridgehead atoms. The summed E-state index contributed by atoms with van der Waals surface area (Å²) in [6.45, 7) is 3.77. The van der Waals surface area contributed by atoms with Crippen LogP contribution >= 0.6 is 12.4 Å². The summed E-state index contributed by atoms with van der Waals surface area (Å²) in [6, 6.07) is 5.18. The van der Waals surface area contributed by atoms with E-state index in [0.29, 0.717) is 17.9 Å². The molecule has 0 radical (unpaired) electrons. The highest BCUT2D eigenvalue weighted by molar-refractivity contribution is 5.99. The number of hydrogen-bond acceptors (Lipinski definition) is 4. The summed E-state index contributed by atoms with van der Waals surface area (Å²) < 4.78 is 5.26. The lowest BCUT2D eigenvalue weighted by Crippen LogP contribution is -2.47. The molecule has 7 heteroatoms. The summed E-state index contributed by atoms with van der Waals surface area (Å²) in [7, 11) is 1.61. The van der Waals surface area contributed by atoms with Crippen molar-refractivity contribution in [2.45, 2.75) is 19.8 Å². The Morgan fingerprint density at radius 2 is 2.00 bits per heavy atom. The molecule has 1 heterocycles. The third-order valence-electron chi connectivity index (χ3n) is 4.22. The first-order valence-corrected chi connectivity index (χ1v) is 7.40. The molecule has 1 aliphatic rings. The largest absolute Gasteiger partial charge is 0.384 e. The van der Waals surface area contributed by atoms with E-state index in [4.69, 9.17) is 10.5 Å². The van der Waals surface area contributed by atoms with Gasteiger partial charge >= 0.3 is 0 Å². The number of aryl methyl sites for hydroxylation is 1. The van der Waals surface area contributed by atoms with Crippen LogP contribution in [0.15, 0.2) is 18.2 Å². The molecular weight excluding hydrogens is 318 g/mol. The van der Waals surface area contributed by atoms with E-state index in [-0.39, 0.29) is 18.3 Å². The maximum atomic E-state index is 12.7. The lowest BCUT2D eigenvalue weighted by atomic mass is 9.78. The molecule has 0 aromatic heterocycles. The number of hydrogen-bond donors (Lipinski definition) is 3. The van der Waals surface area contributed by atoms with Gasteiger partial charge in [-0.1, -0.05) is 6.07 Å². The van der Waals surface area contributed by atoms with Crippen molar-refractivity contribution in [2.75, 3.05) is 32.1 Å². The van der Waals surface area contributed by atoms with E-state index in [0.717, 1.165) is 31.5 Å². The Kier molecular flexibility index (Phi) is 7.00. The van der Waals surface area contributed by atoms with Crippen LogP contribution in [0, 0.1) is 12.3 Å². The van der Waals surface area contributed by atoms with Gasteiger partial charge in [0.05, 0.1) is 12.0 Å². The zero-order chi connectivity index (χ0) is 16.2. The fourth-order valence-corrected chi connectivity index (χ4v) is 2.85. The van der Waals surface area contributed by atoms with Gasteiger partial charge in [-0.2, -0.15) is 0 Å². The number of carbonyl (C=O) groups excluding carboxylic acids is 2. The van der Waals surface area contributed by atoms with Crippen LogP contribution < -0.4 is 16.4 Å². The normalized spacial score (nSPS) is 16.3. The summed E-state index contributed by atoms with van der Waals surface area (Å²) in [5, 5.41) is 6.16. The first-order chi connectivity index (χ1) is 10.5. The maximum absolute atomic E-state index is 12.7. The number of ether oxygens (including phenoxy) is 1. The van der Waals surface area contributed by atoms with E-state index in [1.54, 1.807) is 25.3 Å². The van der Waals surface area contributed by atoms with E-state index < -0.39 is 11.3 Å². The summed E-state index contributed by atoms with van der Waals surface area (Å²) in [6.07, 6.45) is 1.45. The molecule has 1 fully saturated rings.